The normalized spacial score (nSPS) is 18.9. The molecule has 3 rings (SSSR count). The van der Waals surface area contributed by atoms with Crippen molar-refractivity contribution in [1.82, 2.24) is 20.2 Å². The summed E-state index contributed by atoms with van der Waals surface area (Å²) in [6.07, 6.45) is 2.24. The van der Waals surface area contributed by atoms with Gasteiger partial charge in [0.1, 0.15) is 5.82 Å². The quantitative estimate of drug-likeness (QED) is 0.902. The first-order chi connectivity index (χ1) is 11.1. The van der Waals surface area contributed by atoms with Gasteiger partial charge in [-0.3, -0.25) is 4.90 Å². The molecule has 0 radical (unpaired) electrons. The van der Waals surface area contributed by atoms with Crippen LogP contribution in [0.2, 0.25) is 0 Å². The number of aryl methyl sites for hydroxylation is 1. The zero-order chi connectivity index (χ0) is 16.2. The Balaban J connectivity index is 1.68. The number of benzene rings is 1. The molecule has 2 heterocycles. The molecule has 122 valence electrons. The molecular formula is C17H23N5O. The fraction of sp³-hybridized carbons (Fsp3) is 0.471. The minimum absolute atomic E-state index is 0.442. The number of aromatic nitrogens is 2. The van der Waals surface area contributed by atoms with E-state index in [0.29, 0.717) is 12.5 Å². The first-order valence-corrected chi connectivity index (χ1v) is 8.10. The van der Waals surface area contributed by atoms with E-state index >= 15 is 0 Å². The van der Waals surface area contributed by atoms with Crippen LogP contribution in [0, 0.1) is 12.8 Å². The van der Waals surface area contributed by atoms with Crippen LogP contribution >= 0.6 is 0 Å². The van der Waals surface area contributed by atoms with Gasteiger partial charge in [-0.2, -0.15) is 0 Å². The molecule has 1 aliphatic heterocycles. The number of urea groups is 1. The molecule has 0 aliphatic carbocycles. The summed E-state index contributed by atoms with van der Waals surface area (Å²) in [4.78, 5) is 22.6. The van der Waals surface area contributed by atoms with Gasteiger partial charge in [0.15, 0.2) is 0 Å². The number of rotatable bonds is 4. The van der Waals surface area contributed by atoms with Crippen LogP contribution in [0.25, 0.3) is 10.9 Å². The maximum atomic E-state index is 10.9. The summed E-state index contributed by atoms with van der Waals surface area (Å²) in [5.41, 5.74) is 7.18. The van der Waals surface area contributed by atoms with Crippen LogP contribution in [0.4, 0.5) is 4.79 Å². The highest BCUT2D eigenvalue weighted by molar-refractivity contribution is 5.80. The zero-order valence-electron chi connectivity index (χ0n) is 13.5. The molecule has 0 spiro atoms. The van der Waals surface area contributed by atoms with Gasteiger partial charge in [0.05, 0.1) is 12.1 Å². The second-order valence-corrected chi connectivity index (χ2v) is 6.23. The SMILES string of the molecule is Cc1nc(CN2CCC[C@@H](CNC(N)=O)C2)nc2ccccc12. The first kappa shape index (κ1) is 15.7. The fourth-order valence-corrected chi connectivity index (χ4v) is 3.27. The van der Waals surface area contributed by atoms with Crippen LogP contribution in [0.3, 0.4) is 0 Å². The average molecular weight is 313 g/mol. The monoisotopic (exact) mass is 313 g/mol. The van der Waals surface area contributed by atoms with Crippen molar-refractivity contribution < 1.29 is 4.79 Å². The maximum Gasteiger partial charge on any atom is 0.312 e. The van der Waals surface area contributed by atoms with E-state index in [9.17, 15) is 4.79 Å². The summed E-state index contributed by atoms with van der Waals surface area (Å²) in [6, 6.07) is 7.66. The summed E-state index contributed by atoms with van der Waals surface area (Å²) in [6.45, 7) is 5.41. The van der Waals surface area contributed by atoms with Crippen molar-refractivity contribution >= 4 is 16.9 Å². The Labute approximate surface area is 136 Å². The Bertz CT molecular complexity index is 702. The highest BCUT2D eigenvalue weighted by Crippen LogP contribution is 2.19. The third-order valence-corrected chi connectivity index (χ3v) is 4.37. The van der Waals surface area contributed by atoms with Gasteiger partial charge in [0.25, 0.3) is 0 Å². The molecule has 23 heavy (non-hydrogen) atoms. The van der Waals surface area contributed by atoms with E-state index in [1.165, 1.54) is 0 Å². The number of likely N-dealkylation sites (tertiary alicyclic amines) is 1. The van der Waals surface area contributed by atoms with Crippen LogP contribution in [0.15, 0.2) is 24.3 Å². The molecule has 2 amide bonds. The molecule has 6 nitrogen and oxygen atoms in total. The third-order valence-electron chi connectivity index (χ3n) is 4.37. The summed E-state index contributed by atoms with van der Waals surface area (Å²) in [5, 5.41) is 3.82. The van der Waals surface area contributed by atoms with E-state index in [1.54, 1.807) is 0 Å². The zero-order valence-corrected chi connectivity index (χ0v) is 13.5. The van der Waals surface area contributed by atoms with Crippen molar-refractivity contribution in [3.05, 3.63) is 35.8 Å². The lowest BCUT2D eigenvalue weighted by Crippen LogP contribution is -2.42. The summed E-state index contributed by atoms with van der Waals surface area (Å²) in [5.74, 6) is 1.31. The van der Waals surface area contributed by atoms with E-state index in [4.69, 9.17) is 5.73 Å². The number of hydrogen-bond acceptors (Lipinski definition) is 4. The van der Waals surface area contributed by atoms with Gasteiger partial charge in [-0.1, -0.05) is 18.2 Å². The van der Waals surface area contributed by atoms with Crippen molar-refractivity contribution in [1.29, 1.82) is 0 Å². The lowest BCUT2D eigenvalue weighted by Gasteiger charge is -2.32. The Kier molecular flexibility index (Phi) is 4.71. The number of fused-ring (bicyclic) bond motifs is 1. The molecular weight excluding hydrogens is 290 g/mol. The number of amides is 2. The summed E-state index contributed by atoms with van der Waals surface area (Å²) in [7, 11) is 0. The van der Waals surface area contributed by atoms with Crippen molar-refractivity contribution in [2.45, 2.75) is 26.3 Å². The van der Waals surface area contributed by atoms with Crippen molar-refractivity contribution in [2.75, 3.05) is 19.6 Å². The highest BCUT2D eigenvalue weighted by atomic mass is 16.2. The van der Waals surface area contributed by atoms with E-state index in [0.717, 1.165) is 54.9 Å². The molecule has 1 atom stereocenters. The number of carbonyl (C=O) groups excluding carboxylic acids is 1. The minimum atomic E-state index is -0.449. The molecule has 3 N–H and O–H groups in total. The molecule has 1 aliphatic rings. The number of nitrogens with zero attached hydrogens (tertiary/aromatic N) is 3. The topological polar surface area (TPSA) is 84.1 Å². The van der Waals surface area contributed by atoms with Gasteiger partial charge < -0.3 is 11.1 Å². The van der Waals surface area contributed by atoms with Gasteiger partial charge in [0.2, 0.25) is 0 Å². The number of piperidine rings is 1. The van der Waals surface area contributed by atoms with Gasteiger partial charge >= 0.3 is 6.03 Å². The van der Waals surface area contributed by atoms with Gasteiger partial charge in [-0.25, -0.2) is 14.8 Å². The smallest absolute Gasteiger partial charge is 0.312 e. The van der Waals surface area contributed by atoms with Gasteiger partial charge in [-0.05, 0) is 38.3 Å². The van der Waals surface area contributed by atoms with Crippen LogP contribution in [0.1, 0.15) is 24.4 Å². The Morgan fingerprint density at radius 3 is 3.04 bits per heavy atom. The molecule has 2 aromatic rings. The average Bonchev–Trinajstić information content (AvgIpc) is 2.53. The predicted molar refractivity (Wildman–Crippen MR) is 89.9 cm³/mol. The van der Waals surface area contributed by atoms with Crippen molar-refractivity contribution in [2.24, 2.45) is 11.7 Å². The van der Waals surface area contributed by atoms with Crippen molar-refractivity contribution in [3.63, 3.8) is 0 Å². The molecule has 0 unspecified atom stereocenters. The minimum Gasteiger partial charge on any atom is -0.352 e. The van der Waals surface area contributed by atoms with Gasteiger partial charge in [0, 0.05) is 24.2 Å². The molecule has 6 heteroatoms. The number of carbonyl (C=O) groups is 1. The Morgan fingerprint density at radius 2 is 2.22 bits per heavy atom. The van der Waals surface area contributed by atoms with Crippen LogP contribution in [-0.2, 0) is 6.54 Å². The van der Waals surface area contributed by atoms with Crippen LogP contribution in [0.5, 0.6) is 0 Å². The van der Waals surface area contributed by atoms with Crippen molar-refractivity contribution in [3.8, 4) is 0 Å². The fourth-order valence-electron chi connectivity index (χ4n) is 3.27. The number of nitrogens with two attached hydrogens (primary N) is 1. The molecule has 0 saturated carbocycles. The number of primary amides is 1. The van der Waals surface area contributed by atoms with E-state index in [2.05, 4.69) is 26.3 Å². The first-order valence-electron chi connectivity index (χ1n) is 8.10. The summed E-state index contributed by atoms with van der Waals surface area (Å²) < 4.78 is 0. The molecule has 1 aromatic carbocycles. The van der Waals surface area contributed by atoms with E-state index in [-0.39, 0.29) is 0 Å². The third kappa shape index (κ3) is 3.96. The molecule has 1 fully saturated rings. The Morgan fingerprint density at radius 1 is 1.39 bits per heavy atom. The number of nitrogens with one attached hydrogen (secondary N) is 1. The lowest BCUT2D eigenvalue weighted by atomic mass is 9.98. The molecule has 0 bridgehead atoms. The van der Waals surface area contributed by atoms with Crippen LogP contribution < -0.4 is 11.1 Å². The maximum absolute atomic E-state index is 10.9. The number of hydrogen-bond donors (Lipinski definition) is 2. The summed E-state index contributed by atoms with van der Waals surface area (Å²) >= 11 is 0. The molecule has 1 aromatic heterocycles. The van der Waals surface area contributed by atoms with E-state index in [1.807, 2.05) is 25.1 Å². The lowest BCUT2D eigenvalue weighted by molar-refractivity contribution is 0.162. The van der Waals surface area contributed by atoms with Crippen LogP contribution in [-0.4, -0.2) is 40.5 Å². The standard InChI is InChI=1S/C17H23N5O/c1-12-14-6-2-3-7-15(14)21-16(20-12)11-22-8-4-5-13(10-22)9-19-17(18)23/h2-3,6-7,13H,4-5,8-11H2,1H3,(H3,18,19,23)/t13-/m0/s1. The van der Waals surface area contributed by atoms with E-state index < -0.39 is 6.03 Å². The molecule has 1 saturated heterocycles. The van der Waals surface area contributed by atoms with Gasteiger partial charge in [-0.15, -0.1) is 0 Å². The second kappa shape index (κ2) is 6.91. The largest absolute Gasteiger partial charge is 0.352 e. The highest BCUT2D eigenvalue weighted by Gasteiger charge is 2.21. The Hall–Kier alpha value is -2.21. The predicted octanol–water partition coefficient (Wildman–Crippen LogP) is 1.82. The second-order valence-electron chi connectivity index (χ2n) is 6.23. The number of para-hydroxylation sites is 1.